The normalized spacial score (nSPS) is 10.3. The van der Waals surface area contributed by atoms with Crippen molar-refractivity contribution in [3.63, 3.8) is 0 Å². The van der Waals surface area contributed by atoms with Crippen LogP contribution in [0.3, 0.4) is 0 Å². The SMILES string of the molecule is COc1cc(CNCc2ccccc2)ccc1Oc1nnnn1-c1ccccc1.Cl. The first-order valence-corrected chi connectivity index (χ1v) is 9.27. The van der Waals surface area contributed by atoms with Gasteiger partial charge in [0.1, 0.15) is 0 Å². The summed E-state index contributed by atoms with van der Waals surface area (Å²) in [7, 11) is 1.61. The highest BCUT2D eigenvalue weighted by Gasteiger charge is 2.14. The van der Waals surface area contributed by atoms with E-state index in [2.05, 4.69) is 33.0 Å². The molecule has 0 aliphatic heterocycles. The number of methoxy groups -OCH3 is 1. The zero-order valence-electron chi connectivity index (χ0n) is 16.4. The maximum atomic E-state index is 5.94. The molecule has 0 amide bonds. The largest absolute Gasteiger partial charge is 0.493 e. The lowest BCUT2D eigenvalue weighted by Gasteiger charge is -2.12. The third-order valence-electron chi connectivity index (χ3n) is 4.37. The van der Waals surface area contributed by atoms with Crippen LogP contribution in [-0.4, -0.2) is 27.3 Å². The molecule has 0 aliphatic carbocycles. The average Bonchev–Trinajstić information content (AvgIpc) is 3.24. The van der Waals surface area contributed by atoms with Crippen LogP contribution in [0.1, 0.15) is 11.1 Å². The first kappa shape index (κ1) is 21.3. The molecule has 154 valence electrons. The van der Waals surface area contributed by atoms with Gasteiger partial charge in [-0.2, -0.15) is 4.68 Å². The molecule has 4 rings (SSSR count). The number of hydrogen-bond donors (Lipinski definition) is 1. The topological polar surface area (TPSA) is 74.1 Å². The van der Waals surface area contributed by atoms with E-state index in [1.54, 1.807) is 7.11 Å². The van der Waals surface area contributed by atoms with Gasteiger partial charge in [0.05, 0.1) is 12.8 Å². The first-order valence-electron chi connectivity index (χ1n) is 9.27. The summed E-state index contributed by atoms with van der Waals surface area (Å²) in [6.07, 6.45) is 0. The average molecular weight is 424 g/mol. The summed E-state index contributed by atoms with van der Waals surface area (Å²) < 4.78 is 13.0. The van der Waals surface area contributed by atoms with Crippen molar-refractivity contribution in [3.05, 3.63) is 90.0 Å². The summed E-state index contributed by atoms with van der Waals surface area (Å²) in [6, 6.07) is 25.9. The van der Waals surface area contributed by atoms with Crippen LogP contribution in [0.25, 0.3) is 5.69 Å². The monoisotopic (exact) mass is 423 g/mol. The van der Waals surface area contributed by atoms with Crippen molar-refractivity contribution in [3.8, 4) is 23.2 Å². The molecule has 0 bridgehead atoms. The van der Waals surface area contributed by atoms with Crippen molar-refractivity contribution in [2.75, 3.05) is 7.11 Å². The second-order valence-corrected chi connectivity index (χ2v) is 6.39. The summed E-state index contributed by atoms with van der Waals surface area (Å²) in [6.45, 7) is 1.51. The van der Waals surface area contributed by atoms with Crippen LogP contribution in [0.5, 0.6) is 17.5 Å². The van der Waals surface area contributed by atoms with Gasteiger partial charge in [-0.05, 0) is 45.8 Å². The van der Waals surface area contributed by atoms with Crippen molar-refractivity contribution >= 4 is 12.4 Å². The molecule has 7 nitrogen and oxygen atoms in total. The molecule has 8 heteroatoms. The van der Waals surface area contributed by atoms with Crippen LogP contribution in [0.2, 0.25) is 0 Å². The van der Waals surface area contributed by atoms with E-state index in [-0.39, 0.29) is 18.4 Å². The molecule has 0 radical (unpaired) electrons. The molecule has 0 atom stereocenters. The molecule has 0 saturated carbocycles. The van der Waals surface area contributed by atoms with E-state index in [0.29, 0.717) is 18.0 Å². The molecule has 3 aromatic carbocycles. The van der Waals surface area contributed by atoms with E-state index in [1.165, 1.54) is 10.2 Å². The Balaban J connectivity index is 0.00000256. The Kier molecular flexibility index (Phi) is 7.37. The van der Waals surface area contributed by atoms with Gasteiger partial charge in [0.25, 0.3) is 0 Å². The lowest BCUT2D eigenvalue weighted by atomic mass is 10.2. The minimum Gasteiger partial charge on any atom is -0.493 e. The summed E-state index contributed by atoms with van der Waals surface area (Å²) in [4.78, 5) is 0. The number of aromatic nitrogens is 4. The van der Waals surface area contributed by atoms with Gasteiger partial charge < -0.3 is 14.8 Å². The van der Waals surface area contributed by atoms with Crippen LogP contribution >= 0.6 is 12.4 Å². The van der Waals surface area contributed by atoms with Gasteiger partial charge in [0, 0.05) is 13.1 Å². The van der Waals surface area contributed by atoms with Gasteiger partial charge in [-0.1, -0.05) is 59.7 Å². The van der Waals surface area contributed by atoms with E-state index in [9.17, 15) is 0 Å². The highest BCUT2D eigenvalue weighted by molar-refractivity contribution is 5.85. The fourth-order valence-electron chi connectivity index (χ4n) is 2.93. The van der Waals surface area contributed by atoms with E-state index >= 15 is 0 Å². The lowest BCUT2D eigenvalue weighted by Crippen LogP contribution is -2.12. The van der Waals surface area contributed by atoms with Crippen LogP contribution in [0.4, 0.5) is 0 Å². The van der Waals surface area contributed by atoms with Gasteiger partial charge in [-0.3, -0.25) is 0 Å². The Hall–Kier alpha value is -3.42. The lowest BCUT2D eigenvalue weighted by molar-refractivity contribution is 0.362. The number of tetrazole rings is 1. The number of rotatable bonds is 8. The molecular formula is C22H22ClN5O2. The zero-order chi connectivity index (χ0) is 19.9. The molecule has 0 fully saturated rings. The molecule has 4 aromatic rings. The number of halogens is 1. The fourth-order valence-corrected chi connectivity index (χ4v) is 2.93. The Bertz CT molecular complexity index is 1060. The van der Waals surface area contributed by atoms with E-state index in [4.69, 9.17) is 9.47 Å². The summed E-state index contributed by atoms with van der Waals surface area (Å²) in [5.74, 6) is 1.16. The molecule has 30 heavy (non-hydrogen) atoms. The summed E-state index contributed by atoms with van der Waals surface area (Å²) >= 11 is 0. The Morgan fingerprint density at radius 2 is 1.53 bits per heavy atom. The molecule has 0 saturated heterocycles. The van der Waals surface area contributed by atoms with Gasteiger partial charge >= 0.3 is 6.01 Å². The second-order valence-electron chi connectivity index (χ2n) is 6.39. The van der Waals surface area contributed by atoms with Crippen LogP contribution in [-0.2, 0) is 13.1 Å². The number of nitrogens with zero attached hydrogens (tertiary/aromatic N) is 4. The van der Waals surface area contributed by atoms with E-state index in [0.717, 1.165) is 17.8 Å². The third-order valence-corrected chi connectivity index (χ3v) is 4.37. The summed E-state index contributed by atoms with van der Waals surface area (Å²) in [5.41, 5.74) is 3.15. The Labute approximate surface area is 181 Å². The van der Waals surface area contributed by atoms with Crippen molar-refractivity contribution in [1.29, 1.82) is 0 Å². The van der Waals surface area contributed by atoms with Gasteiger partial charge in [-0.25, -0.2) is 0 Å². The molecule has 1 heterocycles. The molecule has 1 N–H and O–H groups in total. The first-order chi connectivity index (χ1) is 14.3. The van der Waals surface area contributed by atoms with Crippen molar-refractivity contribution in [2.45, 2.75) is 13.1 Å². The predicted molar refractivity (Wildman–Crippen MR) is 116 cm³/mol. The van der Waals surface area contributed by atoms with Crippen molar-refractivity contribution in [2.24, 2.45) is 0 Å². The quantitative estimate of drug-likeness (QED) is 0.458. The maximum Gasteiger partial charge on any atom is 0.346 e. The standard InChI is InChI=1S/C22H21N5O2.ClH/c1-28-21-14-18(16-23-15-17-8-4-2-5-9-17)12-13-20(21)29-22-24-25-26-27(22)19-10-6-3-7-11-19;/h2-14,23H,15-16H2,1H3;1H. The smallest absolute Gasteiger partial charge is 0.346 e. The molecule has 0 spiro atoms. The zero-order valence-corrected chi connectivity index (χ0v) is 17.2. The second kappa shape index (κ2) is 10.4. The molecule has 1 aromatic heterocycles. The van der Waals surface area contributed by atoms with Crippen LogP contribution in [0, 0.1) is 0 Å². The highest BCUT2D eigenvalue weighted by atomic mass is 35.5. The van der Waals surface area contributed by atoms with E-state index < -0.39 is 0 Å². The van der Waals surface area contributed by atoms with Gasteiger partial charge in [-0.15, -0.1) is 12.4 Å². The highest BCUT2D eigenvalue weighted by Crippen LogP contribution is 2.32. The summed E-state index contributed by atoms with van der Waals surface area (Å²) in [5, 5.41) is 15.1. The minimum atomic E-state index is 0. The van der Waals surface area contributed by atoms with Gasteiger partial charge in [0.2, 0.25) is 0 Å². The number of para-hydroxylation sites is 1. The van der Waals surface area contributed by atoms with Crippen LogP contribution in [0.15, 0.2) is 78.9 Å². The number of nitrogens with one attached hydrogen (secondary N) is 1. The Morgan fingerprint density at radius 1 is 0.833 bits per heavy atom. The number of benzene rings is 3. The maximum absolute atomic E-state index is 5.94. The molecule has 0 aliphatic rings. The number of hydrogen-bond acceptors (Lipinski definition) is 6. The molecular weight excluding hydrogens is 402 g/mol. The Morgan fingerprint density at radius 3 is 2.27 bits per heavy atom. The third kappa shape index (κ3) is 5.14. The van der Waals surface area contributed by atoms with E-state index in [1.807, 2.05) is 66.7 Å². The van der Waals surface area contributed by atoms with Crippen molar-refractivity contribution < 1.29 is 9.47 Å². The van der Waals surface area contributed by atoms with Gasteiger partial charge in [0.15, 0.2) is 11.5 Å². The number of ether oxygens (including phenoxy) is 2. The fraction of sp³-hybridized carbons (Fsp3) is 0.136. The minimum absolute atomic E-state index is 0. The predicted octanol–water partition coefficient (Wildman–Crippen LogP) is 4.17. The van der Waals surface area contributed by atoms with Crippen molar-refractivity contribution in [1.82, 2.24) is 25.5 Å². The molecule has 0 unspecified atom stereocenters. The van der Waals surface area contributed by atoms with Crippen LogP contribution < -0.4 is 14.8 Å².